The van der Waals surface area contributed by atoms with Gasteiger partial charge in [0.2, 0.25) is 5.91 Å². The Balaban J connectivity index is 1.21. The summed E-state index contributed by atoms with van der Waals surface area (Å²) in [6, 6.07) is 9.94. The zero-order valence-corrected chi connectivity index (χ0v) is 19.7. The third-order valence-electron chi connectivity index (χ3n) is 6.45. The lowest BCUT2D eigenvalue weighted by Gasteiger charge is -2.33. The fourth-order valence-corrected chi connectivity index (χ4v) is 5.66. The lowest BCUT2D eigenvalue weighted by molar-refractivity contribution is -0.140. The van der Waals surface area contributed by atoms with Crippen LogP contribution in [-0.2, 0) is 9.53 Å². The van der Waals surface area contributed by atoms with Crippen LogP contribution in [0.3, 0.4) is 0 Å². The van der Waals surface area contributed by atoms with Crippen LogP contribution in [0, 0.1) is 12.8 Å². The summed E-state index contributed by atoms with van der Waals surface area (Å²) in [5.41, 5.74) is 2.06. The molecular formula is C25H29N5O2S. The minimum absolute atomic E-state index is 0.151. The molecule has 1 saturated carbocycles. The maximum atomic E-state index is 12.8. The number of anilines is 2. The van der Waals surface area contributed by atoms with Crippen LogP contribution >= 0.6 is 11.3 Å². The number of rotatable bonds is 5. The lowest BCUT2D eigenvalue weighted by Crippen LogP contribution is -2.44. The highest BCUT2D eigenvalue weighted by atomic mass is 32.1. The molecule has 2 fully saturated rings. The molecular weight excluding hydrogens is 434 g/mol. The minimum atomic E-state index is 0.151. The zero-order valence-electron chi connectivity index (χ0n) is 18.9. The zero-order chi connectivity index (χ0) is 22.6. The molecule has 7 nitrogen and oxygen atoms in total. The molecule has 172 valence electrons. The predicted molar refractivity (Wildman–Crippen MR) is 130 cm³/mol. The van der Waals surface area contributed by atoms with Crippen molar-refractivity contribution in [1.29, 1.82) is 0 Å². The van der Waals surface area contributed by atoms with Crippen LogP contribution in [0.4, 0.5) is 11.6 Å². The number of ether oxygens (including phenoxy) is 1. The van der Waals surface area contributed by atoms with E-state index in [0.717, 1.165) is 71.6 Å². The summed E-state index contributed by atoms with van der Waals surface area (Å²) in [6.07, 6.45) is 7.64. The number of carbonyl (C=O) groups excluding carboxylic acids is 1. The Morgan fingerprint density at radius 1 is 1.09 bits per heavy atom. The molecule has 2 aliphatic rings. The lowest BCUT2D eigenvalue weighted by atomic mass is 9.81. The van der Waals surface area contributed by atoms with Gasteiger partial charge in [0.25, 0.3) is 0 Å². The number of hydrogen-bond acceptors (Lipinski definition) is 7. The first-order chi connectivity index (χ1) is 16.2. The molecule has 0 spiro atoms. The number of pyridine rings is 2. The van der Waals surface area contributed by atoms with E-state index in [-0.39, 0.29) is 5.92 Å². The Bertz CT molecular complexity index is 1100. The van der Waals surface area contributed by atoms with E-state index < -0.39 is 0 Å². The third kappa shape index (κ3) is 5.23. The fraction of sp³-hybridized carbons (Fsp3) is 0.440. The van der Waals surface area contributed by atoms with Crippen molar-refractivity contribution in [2.24, 2.45) is 5.92 Å². The molecule has 0 bridgehead atoms. The van der Waals surface area contributed by atoms with E-state index in [4.69, 9.17) is 14.7 Å². The molecule has 0 radical (unpaired) electrons. The van der Waals surface area contributed by atoms with Gasteiger partial charge in [-0.25, -0.2) is 15.0 Å². The van der Waals surface area contributed by atoms with Crippen LogP contribution in [0.1, 0.15) is 42.2 Å². The van der Waals surface area contributed by atoms with E-state index >= 15 is 0 Å². The number of morpholine rings is 1. The van der Waals surface area contributed by atoms with Gasteiger partial charge in [-0.2, -0.15) is 0 Å². The summed E-state index contributed by atoms with van der Waals surface area (Å²) >= 11 is 1.72. The number of hydrogen-bond donors (Lipinski definition) is 1. The first-order valence-electron chi connectivity index (χ1n) is 11.6. The topological polar surface area (TPSA) is 80.2 Å². The van der Waals surface area contributed by atoms with Gasteiger partial charge in [-0.3, -0.25) is 4.79 Å². The van der Waals surface area contributed by atoms with Gasteiger partial charge in [0.15, 0.2) is 0 Å². The van der Waals surface area contributed by atoms with Gasteiger partial charge in [0.05, 0.1) is 28.8 Å². The number of nitrogens with one attached hydrogen (secondary N) is 1. The van der Waals surface area contributed by atoms with Gasteiger partial charge in [-0.15, -0.1) is 11.3 Å². The molecule has 1 N–H and O–H groups in total. The molecule has 1 aliphatic heterocycles. The van der Waals surface area contributed by atoms with E-state index in [1.165, 1.54) is 0 Å². The molecule has 1 aliphatic carbocycles. The maximum Gasteiger partial charge on any atom is 0.225 e. The molecule has 4 heterocycles. The summed E-state index contributed by atoms with van der Waals surface area (Å²) in [5.74, 6) is 2.44. The van der Waals surface area contributed by atoms with Crippen molar-refractivity contribution in [3.63, 3.8) is 0 Å². The van der Waals surface area contributed by atoms with E-state index in [1.807, 2.05) is 48.4 Å². The molecule has 5 rings (SSSR count). The Hall–Kier alpha value is -2.84. The molecule has 8 heteroatoms. The van der Waals surface area contributed by atoms with E-state index in [2.05, 4.69) is 10.3 Å². The summed E-state index contributed by atoms with van der Waals surface area (Å²) in [7, 11) is 0. The van der Waals surface area contributed by atoms with Crippen LogP contribution in [0.5, 0.6) is 0 Å². The second kappa shape index (κ2) is 9.97. The number of nitrogens with zero attached hydrogens (tertiary/aromatic N) is 4. The van der Waals surface area contributed by atoms with Crippen molar-refractivity contribution in [2.45, 2.75) is 38.5 Å². The van der Waals surface area contributed by atoms with Gasteiger partial charge in [0, 0.05) is 37.3 Å². The monoisotopic (exact) mass is 463 g/mol. The summed E-state index contributed by atoms with van der Waals surface area (Å²) in [6.45, 7) is 4.83. The maximum absolute atomic E-state index is 12.8. The second-order valence-electron chi connectivity index (χ2n) is 8.80. The quantitative estimate of drug-likeness (QED) is 0.586. The molecule has 1 amide bonds. The minimum Gasteiger partial charge on any atom is -0.378 e. The molecule has 33 heavy (non-hydrogen) atoms. The molecule has 3 aromatic rings. The molecule has 0 unspecified atom stereocenters. The molecule has 1 saturated heterocycles. The van der Waals surface area contributed by atoms with Crippen molar-refractivity contribution < 1.29 is 9.53 Å². The van der Waals surface area contributed by atoms with Crippen LogP contribution in [-0.4, -0.2) is 52.1 Å². The number of amides is 1. The first kappa shape index (κ1) is 22.0. The van der Waals surface area contributed by atoms with E-state index in [0.29, 0.717) is 25.0 Å². The fourth-order valence-electron chi connectivity index (χ4n) is 4.60. The number of carbonyl (C=O) groups is 1. The van der Waals surface area contributed by atoms with Crippen LogP contribution in [0.25, 0.3) is 10.6 Å². The van der Waals surface area contributed by atoms with Crippen LogP contribution in [0.15, 0.2) is 42.7 Å². The summed E-state index contributed by atoms with van der Waals surface area (Å²) in [4.78, 5) is 29.7. The first-order valence-corrected chi connectivity index (χ1v) is 12.5. The second-order valence-corrected chi connectivity index (χ2v) is 9.86. The Morgan fingerprint density at radius 3 is 2.70 bits per heavy atom. The summed E-state index contributed by atoms with van der Waals surface area (Å²) in [5, 5.41) is 4.44. The highest BCUT2D eigenvalue weighted by Gasteiger charge is 2.31. The highest BCUT2D eigenvalue weighted by molar-refractivity contribution is 7.15. The van der Waals surface area contributed by atoms with Crippen molar-refractivity contribution in [2.75, 3.05) is 31.6 Å². The van der Waals surface area contributed by atoms with E-state index in [1.54, 1.807) is 17.5 Å². The van der Waals surface area contributed by atoms with Crippen molar-refractivity contribution in [1.82, 2.24) is 19.9 Å². The number of aryl methyl sites for hydroxylation is 1. The largest absolute Gasteiger partial charge is 0.378 e. The van der Waals surface area contributed by atoms with Crippen LogP contribution < -0.4 is 5.32 Å². The van der Waals surface area contributed by atoms with Crippen molar-refractivity contribution in [3.8, 4) is 10.6 Å². The Kier molecular flexibility index (Phi) is 6.64. The highest BCUT2D eigenvalue weighted by Crippen LogP contribution is 2.39. The normalized spacial score (nSPS) is 21.1. The smallest absolute Gasteiger partial charge is 0.225 e. The molecule has 0 atom stereocenters. The van der Waals surface area contributed by atoms with Gasteiger partial charge < -0.3 is 15.0 Å². The van der Waals surface area contributed by atoms with Gasteiger partial charge in [0.1, 0.15) is 11.6 Å². The molecule has 3 aromatic heterocycles. The average molecular weight is 464 g/mol. The van der Waals surface area contributed by atoms with Crippen molar-refractivity contribution in [3.05, 3.63) is 53.3 Å². The third-order valence-corrected chi connectivity index (χ3v) is 7.63. The SMILES string of the molecule is Cc1ccnc(Nc2cccc(-c3cnc(C4CCC(C(=O)N5CCOCC5)CC4)s3)n2)c1. The standard InChI is InChI=1S/C25H29N5O2S/c1-17-9-10-26-23(15-17)29-22-4-2-3-20(28-22)21-16-27-24(33-21)18-5-7-19(8-6-18)25(31)30-11-13-32-14-12-30/h2-4,9-10,15-16,18-19H,5-8,11-14H2,1H3,(H,26,28,29). The summed E-state index contributed by atoms with van der Waals surface area (Å²) < 4.78 is 5.38. The number of aromatic nitrogens is 3. The Labute approximate surface area is 198 Å². The van der Waals surface area contributed by atoms with Gasteiger partial charge in [-0.05, 0) is 62.4 Å². The predicted octanol–water partition coefficient (Wildman–Crippen LogP) is 4.78. The van der Waals surface area contributed by atoms with E-state index in [9.17, 15) is 4.79 Å². The Morgan fingerprint density at radius 2 is 1.91 bits per heavy atom. The average Bonchev–Trinajstić information content (AvgIpc) is 3.35. The van der Waals surface area contributed by atoms with Gasteiger partial charge >= 0.3 is 0 Å². The molecule has 0 aromatic carbocycles. The van der Waals surface area contributed by atoms with Gasteiger partial charge in [-0.1, -0.05) is 6.07 Å². The van der Waals surface area contributed by atoms with Crippen molar-refractivity contribution >= 4 is 28.9 Å². The number of thiazole rings is 1. The van der Waals surface area contributed by atoms with Crippen LogP contribution in [0.2, 0.25) is 0 Å².